The third-order valence-electron chi connectivity index (χ3n) is 1.63. The fourth-order valence-corrected chi connectivity index (χ4v) is 1.13. The molecular formula is C7H10O3. The quantitative estimate of drug-likeness (QED) is 0.553. The molecule has 56 valence electrons. The van der Waals surface area contributed by atoms with E-state index in [0.29, 0.717) is 6.42 Å². The number of rotatable bonds is 2. The minimum atomic E-state index is -1.06. The van der Waals surface area contributed by atoms with Crippen molar-refractivity contribution in [1.29, 1.82) is 0 Å². The molecule has 3 nitrogen and oxygen atoms in total. The van der Waals surface area contributed by atoms with Crippen LogP contribution < -0.4 is 0 Å². The van der Waals surface area contributed by atoms with Crippen LogP contribution in [0.15, 0.2) is 12.2 Å². The van der Waals surface area contributed by atoms with Crippen molar-refractivity contribution in [2.45, 2.75) is 24.9 Å². The fourth-order valence-electron chi connectivity index (χ4n) is 1.13. The highest BCUT2D eigenvalue weighted by Gasteiger charge is 2.28. The van der Waals surface area contributed by atoms with E-state index in [-0.39, 0.29) is 6.42 Å². The van der Waals surface area contributed by atoms with E-state index < -0.39 is 11.6 Å². The van der Waals surface area contributed by atoms with Gasteiger partial charge in [0.05, 0.1) is 12.0 Å². The summed E-state index contributed by atoms with van der Waals surface area (Å²) in [4.78, 5) is 10.2. The van der Waals surface area contributed by atoms with Gasteiger partial charge in [0.1, 0.15) is 0 Å². The Bertz CT molecular complexity index is 174. The maximum Gasteiger partial charge on any atom is 0.306 e. The molecule has 0 unspecified atom stereocenters. The molecule has 0 bridgehead atoms. The van der Waals surface area contributed by atoms with E-state index in [1.165, 1.54) is 0 Å². The Labute approximate surface area is 59.0 Å². The van der Waals surface area contributed by atoms with Crippen LogP contribution in [0, 0.1) is 0 Å². The van der Waals surface area contributed by atoms with Gasteiger partial charge in [-0.3, -0.25) is 4.79 Å². The van der Waals surface area contributed by atoms with Crippen LogP contribution in [0.3, 0.4) is 0 Å². The van der Waals surface area contributed by atoms with Gasteiger partial charge in [0.25, 0.3) is 0 Å². The van der Waals surface area contributed by atoms with Crippen LogP contribution in [0.5, 0.6) is 0 Å². The molecule has 10 heavy (non-hydrogen) atoms. The molecule has 0 aliphatic heterocycles. The summed E-state index contributed by atoms with van der Waals surface area (Å²) in [6.45, 7) is 0. The first kappa shape index (κ1) is 7.28. The van der Waals surface area contributed by atoms with Crippen molar-refractivity contribution >= 4 is 5.97 Å². The molecule has 1 aliphatic rings. The van der Waals surface area contributed by atoms with Gasteiger partial charge in [0, 0.05) is 0 Å². The highest BCUT2D eigenvalue weighted by molar-refractivity contribution is 5.68. The highest BCUT2D eigenvalue weighted by Crippen LogP contribution is 2.25. The van der Waals surface area contributed by atoms with Crippen LogP contribution in [0.4, 0.5) is 0 Å². The highest BCUT2D eigenvalue weighted by atomic mass is 16.4. The molecular weight excluding hydrogens is 132 g/mol. The van der Waals surface area contributed by atoms with Gasteiger partial charge in [-0.25, -0.2) is 0 Å². The summed E-state index contributed by atoms with van der Waals surface area (Å²) < 4.78 is 0. The summed E-state index contributed by atoms with van der Waals surface area (Å²) in [6.07, 6.45) is 4.52. The number of carboxylic acids is 1. The molecule has 0 radical (unpaired) electrons. The Morgan fingerprint density at radius 3 is 2.80 bits per heavy atom. The first-order chi connectivity index (χ1) is 4.62. The van der Waals surface area contributed by atoms with Gasteiger partial charge >= 0.3 is 5.97 Å². The van der Waals surface area contributed by atoms with E-state index in [1.54, 1.807) is 6.08 Å². The third kappa shape index (κ3) is 1.57. The Hall–Kier alpha value is -0.830. The fraction of sp³-hybridized carbons (Fsp3) is 0.571. The molecule has 1 aliphatic carbocycles. The average Bonchev–Trinajstić information content (AvgIpc) is 2.12. The Morgan fingerprint density at radius 2 is 2.40 bits per heavy atom. The Morgan fingerprint density at radius 1 is 1.70 bits per heavy atom. The topological polar surface area (TPSA) is 57.5 Å². The second kappa shape index (κ2) is 2.42. The van der Waals surface area contributed by atoms with Crippen molar-refractivity contribution in [3.8, 4) is 0 Å². The first-order valence-corrected chi connectivity index (χ1v) is 3.24. The zero-order valence-corrected chi connectivity index (χ0v) is 5.58. The van der Waals surface area contributed by atoms with Crippen molar-refractivity contribution in [2.75, 3.05) is 0 Å². The van der Waals surface area contributed by atoms with E-state index in [9.17, 15) is 9.90 Å². The number of hydrogen-bond acceptors (Lipinski definition) is 2. The van der Waals surface area contributed by atoms with E-state index in [2.05, 4.69) is 0 Å². The summed E-state index contributed by atoms with van der Waals surface area (Å²) >= 11 is 0. The molecule has 1 atom stereocenters. The third-order valence-corrected chi connectivity index (χ3v) is 1.63. The van der Waals surface area contributed by atoms with Crippen molar-refractivity contribution in [3.63, 3.8) is 0 Å². The van der Waals surface area contributed by atoms with Crippen molar-refractivity contribution < 1.29 is 15.0 Å². The minimum absolute atomic E-state index is 0.177. The molecule has 0 spiro atoms. The summed E-state index contributed by atoms with van der Waals surface area (Å²) in [5, 5.41) is 17.7. The van der Waals surface area contributed by atoms with Crippen LogP contribution in [0.25, 0.3) is 0 Å². The number of carboxylic acid groups (broad SMARTS) is 1. The van der Waals surface area contributed by atoms with Crippen LogP contribution in [-0.2, 0) is 4.79 Å². The first-order valence-electron chi connectivity index (χ1n) is 3.24. The number of allylic oxidation sites excluding steroid dienone is 1. The van der Waals surface area contributed by atoms with Gasteiger partial charge in [0.2, 0.25) is 0 Å². The largest absolute Gasteiger partial charge is 0.481 e. The maximum atomic E-state index is 10.2. The van der Waals surface area contributed by atoms with E-state index in [0.717, 1.165) is 6.42 Å². The molecule has 0 aromatic heterocycles. The molecule has 0 amide bonds. The molecule has 0 aromatic rings. The molecule has 0 heterocycles. The number of carbonyl (C=O) groups is 1. The summed E-state index contributed by atoms with van der Waals surface area (Å²) in [5.74, 6) is -0.950. The van der Waals surface area contributed by atoms with Gasteiger partial charge in [-0.15, -0.1) is 0 Å². The van der Waals surface area contributed by atoms with E-state index in [4.69, 9.17) is 5.11 Å². The normalized spacial score (nSPS) is 30.9. The maximum absolute atomic E-state index is 10.2. The van der Waals surface area contributed by atoms with Gasteiger partial charge < -0.3 is 10.2 Å². The minimum Gasteiger partial charge on any atom is -0.481 e. The van der Waals surface area contributed by atoms with Gasteiger partial charge in [-0.05, 0) is 12.8 Å². The van der Waals surface area contributed by atoms with Crippen molar-refractivity contribution in [3.05, 3.63) is 12.2 Å². The molecule has 2 N–H and O–H groups in total. The monoisotopic (exact) mass is 142 g/mol. The summed E-state index contributed by atoms with van der Waals surface area (Å²) in [6, 6.07) is 0. The van der Waals surface area contributed by atoms with Crippen LogP contribution >= 0.6 is 0 Å². The van der Waals surface area contributed by atoms with E-state index >= 15 is 0 Å². The standard InChI is InChI=1S/C7H10O3/c8-6(9)5-7(10)3-1-2-4-7/h1,3,10H,2,4-5H2,(H,8,9)/t7-/m0/s1. The molecule has 0 fully saturated rings. The SMILES string of the molecule is O=C(O)C[C@]1(O)C=CCC1. The lowest BCUT2D eigenvalue weighted by Gasteiger charge is -2.16. The lowest BCUT2D eigenvalue weighted by atomic mass is 10.00. The molecule has 0 saturated carbocycles. The molecule has 3 heteroatoms. The second-order valence-corrected chi connectivity index (χ2v) is 2.62. The predicted molar refractivity (Wildman–Crippen MR) is 35.6 cm³/mol. The van der Waals surface area contributed by atoms with Gasteiger partial charge in [0.15, 0.2) is 0 Å². The lowest BCUT2D eigenvalue weighted by Crippen LogP contribution is -2.26. The summed E-state index contributed by atoms with van der Waals surface area (Å²) in [5.41, 5.74) is -1.06. The van der Waals surface area contributed by atoms with Crippen LogP contribution in [0.1, 0.15) is 19.3 Å². The van der Waals surface area contributed by atoms with Crippen molar-refractivity contribution in [2.24, 2.45) is 0 Å². The van der Waals surface area contributed by atoms with Crippen LogP contribution in [-0.4, -0.2) is 21.8 Å². The van der Waals surface area contributed by atoms with Crippen LogP contribution in [0.2, 0.25) is 0 Å². The zero-order chi connectivity index (χ0) is 7.61. The number of hydrogen-bond donors (Lipinski definition) is 2. The number of aliphatic hydroxyl groups is 1. The second-order valence-electron chi connectivity index (χ2n) is 2.62. The lowest BCUT2D eigenvalue weighted by molar-refractivity contribution is -0.140. The Balaban J connectivity index is 2.52. The predicted octanol–water partition coefficient (Wildman–Crippen LogP) is 0.542. The average molecular weight is 142 g/mol. The van der Waals surface area contributed by atoms with Gasteiger partial charge in [-0.1, -0.05) is 12.2 Å². The number of aliphatic carboxylic acids is 1. The smallest absolute Gasteiger partial charge is 0.306 e. The zero-order valence-electron chi connectivity index (χ0n) is 5.58. The summed E-state index contributed by atoms with van der Waals surface area (Å²) in [7, 11) is 0. The molecule has 1 rings (SSSR count). The van der Waals surface area contributed by atoms with Gasteiger partial charge in [-0.2, -0.15) is 0 Å². The Kier molecular flexibility index (Phi) is 1.76. The van der Waals surface area contributed by atoms with E-state index in [1.807, 2.05) is 6.08 Å². The molecule has 0 aromatic carbocycles. The van der Waals surface area contributed by atoms with Crippen molar-refractivity contribution in [1.82, 2.24) is 0 Å². The molecule has 0 saturated heterocycles.